The van der Waals surface area contributed by atoms with Crippen LogP contribution in [-0.4, -0.2) is 63.3 Å². The summed E-state index contributed by atoms with van der Waals surface area (Å²) in [6, 6.07) is 9.40. The van der Waals surface area contributed by atoms with E-state index in [9.17, 15) is 14.7 Å². The van der Waals surface area contributed by atoms with Crippen LogP contribution in [0.25, 0.3) is 5.76 Å². The van der Waals surface area contributed by atoms with E-state index in [2.05, 4.69) is 0 Å². The highest BCUT2D eigenvalue weighted by Gasteiger charge is 2.46. The summed E-state index contributed by atoms with van der Waals surface area (Å²) in [6.07, 6.45) is 0.528. The number of aliphatic hydroxyl groups excluding tert-OH is 1. The molecule has 1 fully saturated rings. The summed E-state index contributed by atoms with van der Waals surface area (Å²) in [4.78, 5) is 27.6. The number of rotatable bonds is 9. The average Bonchev–Trinajstić information content (AvgIpc) is 3.08. The van der Waals surface area contributed by atoms with E-state index in [4.69, 9.17) is 18.9 Å². The van der Waals surface area contributed by atoms with Crippen LogP contribution >= 0.6 is 0 Å². The number of carbonyl (C=O) groups is 2. The minimum Gasteiger partial charge on any atom is -0.507 e. The van der Waals surface area contributed by atoms with Gasteiger partial charge in [-0.1, -0.05) is 0 Å². The fourth-order valence-corrected chi connectivity index (χ4v) is 4.04. The number of methoxy groups -OCH3 is 4. The number of hydrogen-bond acceptors (Lipinski definition) is 7. The number of benzene rings is 2. The summed E-state index contributed by atoms with van der Waals surface area (Å²) in [5, 5.41) is 11.2. The molecule has 1 amide bonds. The molecule has 0 spiro atoms. The molecule has 8 nitrogen and oxygen atoms in total. The highest BCUT2D eigenvalue weighted by Crippen LogP contribution is 2.44. The monoisotopic (exact) mass is 455 g/mol. The number of ether oxygens (including phenoxy) is 4. The molecule has 0 aliphatic carbocycles. The van der Waals surface area contributed by atoms with Gasteiger partial charge in [-0.25, -0.2) is 0 Å². The van der Waals surface area contributed by atoms with E-state index in [-0.39, 0.29) is 17.9 Å². The largest absolute Gasteiger partial charge is 0.507 e. The van der Waals surface area contributed by atoms with Crippen LogP contribution in [0, 0.1) is 6.92 Å². The van der Waals surface area contributed by atoms with Crippen LogP contribution in [-0.2, 0) is 14.3 Å². The van der Waals surface area contributed by atoms with Crippen LogP contribution < -0.4 is 14.2 Å². The van der Waals surface area contributed by atoms with Crippen LogP contribution in [0.3, 0.4) is 0 Å². The van der Waals surface area contributed by atoms with Crippen molar-refractivity contribution in [2.45, 2.75) is 19.4 Å². The van der Waals surface area contributed by atoms with Gasteiger partial charge in [0.05, 0.1) is 32.9 Å². The Kier molecular flexibility index (Phi) is 7.60. The predicted octanol–water partition coefficient (Wildman–Crippen LogP) is 3.48. The molecule has 1 heterocycles. The third-order valence-corrected chi connectivity index (χ3v) is 5.69. The molecule has 3 rings (SSSR count). The molecule has 2 aromatic carbocycles. The molecule has 176 valence electrons. The van der Waals surface area contributed by atoms with E-state index in [1.54, 1.807) is 50.6 Å². The van der Waals surface area contributed by atoms with Gasteiger partial charge in [-0.3, -0.25) is 9.59 Å². The quantitative estimate of drug-likeness (QED) is 0.268. The lowest BCUT2D eigenvalue weighted by molar-refractivity contribution is -0.140. The van der Waals surface area contributed by atoms with Gasteiger partial charge in [0.2, 0.25) is 0 Å². The maximum absolute atomic E-state index is 13.1. The van der Waals surface area contributed by atoms with E-state index in [0.29, 0.717) is 41.4 Å². The Labute approximate surface area is 193 Å². The van der Waals surface area contributed by atoms with Gasteiger partial charge in [-0.15, -0.1) is 0 Å². The SMILES string of the molecule is COCCCN1C(=O)C(=O)C(=C(O)c2ccc(OC)c(C)c2)C1c1ccc(OC)cc1OC. The van der Waals surface area contributed by atoms with Crippen LogP contribution in [0.5, 0.6) is 17.2 Å². The van der Waals surface area contributed by atoms with Gasteiger partial charge >= 0.3 is 0 Å². The Hall–Kier alpha value is -3.52. The molecule has 1 N–H and O–H groups in total. The summed E-state index contributed by atoms with van der Waals surface area (Å²) in [6.45, 7) is 2.53. The van der Waals surface area contributed by atoms with Crippen molar-refractivity contribution in [3.05, 3.63) is 58.7 Å². The Morgan fingerprint density at radius 3 is 2.30 bits per heavy atom. The zero-order valence-corrected chi connectivity index (χ0v) is 19.5. The van der Waals surface area contributed by atoms with E-state index < -0.39 is 17.7 Å². The van der Waals surface area contributed by atoms with Gasteiger partial charge in [0, 0.05) is 37.5 Å². The van der Waals surface area contributed by atoms with E-state index in [1.165, 1.54) is 19.1 Å². The van der Waals surface area contributed by atoms with Crippen molar-refractivity contribution >= 4 is 17.4 Å². The number of ketones is 1. The first kappa shape index (κ1) is 24.1. The van der Waals surface area contributed by atoms with Gasteiger partial charge < -0.3 is 29.0 Å². The van der Waals surface area contributed by atoms with Crippen molar-refractivity contribution in [1.82, 2.24) is 4.90 Å². The molecular formula is C25H29NO7. The molecule has 1 aliphatic rings. The summed E-state index contributed by atoms with van der Waals surface area (Å²) in [5.41, 5.74) is 1.78. The molecular weight excluding hydrogens is 426 g/mol. The van der Waals surface area contributed by atoms with Crippen LogP contribution in [0.2, 0.25) is 0 Å². The third-order valence-electron chi connectivity index (χ3n) is 5.69. The topological polar surface area (TPSA) is 94.5 Å². The van der Waals surface area contributed by atoms with Crippen molar-refractivity contribution in [2.75, 3.05) is 41.6 Å². The first-order valence-electron chi connectivity index (χ1n) is 10.5. The van der Waals surface area contributed by atoms with E-state index in [0.717, 1.165) is 5.56 Å². The molecule has 0 saturated carbocycles. The number of carbonyl (C=O) groups excluding carboxylic acids is 2. The second-order valence-corrected chi connectivity index (χ2v) is 7.63. The van der Waals surface area contributed by atoms with Crippen molar-refractivity contribution in [1.29, 1.82) is 0 Å². The fraction of sp³-hybridized carbons (Fsp3) is 0.360. The van der Waals surface area contributed by atoms with Crippen molar-refractivity contribution < 1.29 is 33.6 Å². The molecule has 1 unspecified atom stereocenters. The molecule has 1 saturated heterocycles. The summed E-state index contributed by atoms with van der Waals surface area (Å²) >= 11 is 0. The second-order valence-electron chi connectivity index (χ2n) is 7.63. The number of hydrogen-bond donors (Lipinski definition) is 1. The van der Waals surface area contributed by atoms with Crippen LogP contribution in [0.4, 0.5) is 0 Å². The molecule has 0 radical (unpaired) electrons. The fourth-order valence-electron chi connectivity index (χ4n) is 4.04. The molecule has 0 aromatic heterocycles. The van der Waals surface area contributed by atoms with Gasteiger partial charge in [-0.2, -0.15) is 0 Å². The summed E-state index contributed by atoms with van der Waals surface area (Å²) in [7, 11) is 6.17. The Morgan fingerprint density at radius 1 is 0.970 bits per heavy atom. The summed E-state index contributed by atoms with van der Waals surface area (Å²) < 4.78 is 21.2. The Bertz CT molecular complexity index is 1080. The molecule has 33 heavy (non-hydrogen) atoms. The number of amides is 1. The zero-order valence-electron chi connectivity index (χ0n) is 19.5. The van der Waals surface area contributed by atoms with Crippen LogP contribution in [0.1, 0.15) is 29.2 Å². The molecule has 2 aromatic rings. The van der Waals surface area contributed by atoms with Crippen molar-refractivity contribution in [2.24, 2.45) is 0 Å². The average molecular weight is 456 g/mol. The van der Waals surface area contributed by atoms with Gasteiger partial charge in [0.1, 0.15) is 23.0 Å². The normalized spacial score (nSPS) is 17.4. The highest BCUT2D eigenvalue weighted by atomic mass is 16.5. The maximum Gasteiger partial charge on any atom is 0.295 e. The predicted molar refractivity (Wildman–Crippen MR) is 123 cm³/mol. The third kappa shape index (κ3) is 4.66. The van der Waals surface area contributed by atoms with Gasteiger partial charge in [0.25, 0.3) is 11.7 Å². The number of aliphatic hydroxyl groups is 1. The molecule has 0 bridgehead atoms. The number of likely N-dealkylation sites (tertiary alicyclic amines) is 1. The lowest BCUT2D eigenvalue weighted by Crippen LogP contribution is -2.31. The standard InChI is InChI=1S/C25H29NO7/c1-15-13-16(7-10-19(15)32-4)23(27)21-22(18-9-8-17(31-3)14-20(18)33-5)26(11-6-12-30-2)25(29)24(21)28/h7-10,13-14,22,27H,6,11-12H2,1-5H3. The maximum atomic E-state index is 13.1. The highest BCUT2D eigenvalue weighted by molar-refractivity contribution is 6.46. The van der Waals surface area contributed by atoms with Crippen molar-refractivity contribution in [3.63, 3.8) is 0 Å². The number of Topliss-reactive ketones (excluding diaryl/α,β-unsaturated/α-hetero) is 1. The molecule has 1 aliphatic heterocycles. The molecule has 8 heteroatoms. The first-order valence-corrected chi connectivity index (χ1v) is 10.5. The minimum absolute atomic E-state index is 0.00505. The first-order chi connectivity index (χ1) is 15.9. The van der Waals surface area contributed by atoms with Crippen LogP contribution in [0.15, 0.2) is 42.0 Å². The smallest absolute Gasteiger partial charge is 0.295 e. The van der Waals surface area contributed by atoms with Gasteiger partial charge in [0.15, 0.2) is 0 Å². The van der Waals surface area contributed by atoms with E-state index >= 15 is 0 Å². The second kappa shape index (κ2) is 10.4. The lowest BCUT2D eigenvalue weighted by Gasteiger charge is -2.26. The Morgan fingerprint density at radius 2 is 1.70 bits per heavy atom. The minimum atomic E-state index is -0.829. The van der Waals surface area contributed by atoms with Crippen molar-refractivity contribution in [3.8, 4) is 17.2 Å². The van der Waals surface area contributed by atoms with Gasteiger partial charge in [-0.05, 0) is 49.2 Å². The number of nitrogens with zero attached hydrogens (tertiary/aromatic N) is 1. The van der Waals surface area contributed by atoms with E-state index in [1.807, 2.05) is 6.92 Å². The molecule has 1 atom stereocenters. The lowest BCUT2D eigenvalue weighted by atomic mass is 9.94. The summed E-state index contributed by atoms with van der Waals surface area (Å²) in [5.74, 6) is -0.0225. The Balaban J connectivity index is 2.20. The number of aryl methyl sites for hydroxylation is 1. The zero-order chi connectivity index (χ0) is 24.1.